The van der Waals surface area contributed by atoms with Crippen LogP contribution >= 0.6 is 0 Å². The highest BCUT2D eigenvalue weighted by atomic mass is 15.1. The molecule has 2 aliphatic rings. The Hall–Kier alpha value is 0.0249. The second-order valence-electron chi connectivity index (χ2n) is 3.31. The maximum absolute atomic E-state index is 2.45. The molecule has 0 radical (unpaired) electrons. The molecule has 2 aliphatic heterocycles. The van der Waals surface area contributed by atoms with Gasteiger partial charge >= 0.3 is 0 Å². The summed E-state index contributed by atoms with van der Waals surface area (Å²) in [6.07, 6.45) is 3.01. The van der Waals surface area contributed by atoms with Crippen LogP contribution in [0.4, 0.5) is 0 Å². The standard InChI is InChI=1S/C6H12BN/c1-8-3-2-7-4-6(7)5-8/h6H,2-5H2,1H3. The van der Waals surface area contributed by atoms with Crippen molar-refractivity contribution in [1.82, 2.24) is 4.90 Å². The van der Waals surface area contributed by atoms with Crippen LogP contribution in [0.1, 0.15) is 0 Å². The average molecular weight is 109 g/mol. The summed E-state index contributed by atoms with van der Waals surface area (Å²) in [7, 11) is 2.23. The zero-order valence-electron chi connectivity index (χ0n) is 5.43. The van der Waals surface area contributed by atoms with Crippen molar-refractivity contribution in [2.24, 2.45) is 0 Å². The van der Waals surface area contributed by atoms with Gasteiger partial charge in [-0.25, -0.2) is 0 Å². The summed E-state index contributed by atoms with van der Waals surface area (Å²) < 4.78 is 0. The Kier molecular flexibility index (Phi) is 0.914. The molecule has 2 heteroatoms. The van der Waals surface area contributed by atoms with Crippen LogP contribution in [-0.2, 0) is 0 Å². The van der Waals surface area contributed by atoms with Crippen molar-refractivity contribution in [3.05, 3.63) is 0 Å². The number of hydrogen-bond acceptors (Lipinski definition) is 1. The van der Waals surface area contributed by atoms with Gasteiger partial charge in [0.05, 0.1) is 0 Å². The van der Waals surface area contributed by atoms with Gasteiger partial charge in [-0.2, -0.15) is 0 Å². The van der Waals surface area contributed by atoms with Crippen molar-refractivity contribution in [3.63, 3.8) is 0 Å². The van der Waals surface area contributed by atoms with Gasteiger partial charge in [-0.1, -0.05) is 18.5 Å². The van der Waals surface area contributed by atoms with Gasteiger partial charge in [-0.15, -0.1) is 0 Å². The molecule has 1 nitrogen and oxygen atoms in total. The lowest BCUT2D eigenvalue weighted by molar-refractivity contribution is 0.352. The molecule has 2 heterocycles. The van der Waals surface area contributed by atoms with Crippen molar-refractivity contribution in [2.45, 2.75) is 18.5 Å². The molecule has 0 aliphatic carbocycles. The number of fused-ring (bicyclic) bond motifs is 1. The first-order valence-corrected chi connectivity index (χ1v) is 3.55. The summed E-state index contributed by atoms with van der Waals surface area (Å²) in [5, 5.41) is 0. The van der Waals surface area contributed by atoms with Crippen molar-refractivity contribution in [1.29, 1.82) is 0 Å². The Balaban J connectivity index is 1.93. The monoisotopic (exact) mass is 109 g/mol. The highest BCUT2D eigenvalue weighted by Crippen LogP contribution is 2.43. The van der Waals surface area contributed by atoms with Crippen LogP contribution in [0.15, 0.2) is 0 Å². The quantitative estimate of drug-likeness (QED) is 0.416. The summed E-state index contributed by atoms with van der Waals surface area (Å²) in [6, 6.07) is 0. The van der Waals surface area contributed by atoms with Gasteiger partial charge in [0.2, 0.25) is 0 Å². The molecule has 44 valence electrons. The average Bonchev–Trinajstić information content (AvgIpc) is 2.43. The summed E-state index contributed by atoms with van der Waals surface area (Å²) in [4.78, 5) is 2.45. The summed E-state index contributed by atoms with van der Waals surface area (Å²) in [5.41, 5.74) is 0. The Morgan fingerprint density at radius 3 is 3.12 bits per heavy atom. The van der Waals surface area contributed by atoms with Crippen LogP contribution < -0.4 is 0 Å². The lowest BCUT2D eigenvalue weighted by Gasteiger charge is -2.19. The van der Waals surface area contributed by atoms with Crippen molar-refractivity contribution >= 4 is 6.71 Å². The molecule has 1 atom stereocenters. The van der Waals surface area contributed by atoms with E-state index in [4.69, 9.17) is 0 Å². The van der Waals surface area contributed by atoms with E-state index >= 15 is 0 Å². The fourth-order valence-electron chi connectivity index (χ4n) is 1.77. The van der Waals surface area contributed by atoms with Crippen LogP contribution in [0.3, 0.4) is 0 Å². The molecular weight excluding hydrogens is 96.9 g/mol. The Morgan fingerprint density at radius 1 is 1.62 bits per heavy atom. The maximum atomic E-state index is 2.45. The van der Waals surface area contributed by atoms with E-state index in [-0.39, 0.29) is 0 Å². The molecule has 2 saturated heterocycles. The van der Waals surface area contributed by atoms with Gasteiger partial charge in [-0.05, 0) is 20.1 Å². The predicted octanol–water partition coefficient (Wildman–Crippen LogP) is 0.810. The molecule has 0 amide bonds. The van der Waals surface area contributed by atoms with Gasteiger partial charge < -0.3 is 4.90 Å². The molecule has 0 aromatic rings. The molecule has 2 rings (SSSR count). The second-order valence-corrected chi connectivity index (χ2v) is 3.31. The van der Waals surface area contributed by atoms with Crippen LogP contribution in [0.5, 0.6) is 0 Å². The van der Waals surface area contributed by atoms with E-state index in [0.717, 1.165) is 12.5 Å². The maximum Gasteiger partial charge on any atom is 0.144 e. The Labute approximate surface area is 51.1 Å². The predicted molar refractivity (Wildman–Crippen MR) is 36.6 cm³/mol. The molecule has 0 bridgehead atoms. The fraction of sp³-hybridized carbons (Fsp3) is 1.00. The molecular formula is C6H12BN. The van der Waals surface area contributed by atoms with E-state index in [1.165, 1.54) is 25.7 Å². The van der Waals surface area contributed by atoms with Crippen molar-refractivity contribution < 1.29 is 0 Å². The highest BCUT2D eigenvalue weighted by molar-refractivity contribution is 6.72. The Bertz CT molecular complexity index is 105. The van der Waals surface area contributed by atoms with Crippen LogP contribution in [0.2, 0.25) is 18.5 Å². The van der Waals surface area contributed by atoms with Crippen LogP contribution in [0, 0.1) is 0 Å². The van der Waals surface area contributed by atoms with E-state index in [2.05, 4.69) is 11.9 Å². The molecule has 0 saturated carbocycles. The number of hydrogen-bond donors (Lipinski definition) is 0. The molecule has 1 unspecified atom stereocenters. The number of nitrogens with zero attached hydrogens (tertiary/aromatic N) is 1. The van der Waals surface area contributed by atoms with E-state index < -0.39 is 0 Å². The lowest BCUT2D eigenvalue weighted by atomic mass is 9.62. The van der Waals surface area contributed by atoms with Gasteiger partial charge in [0.25, 0.3) is 0 Å². The summed E-state index contributed by atoms with van der Waals surface area (Å²) >= 11 is 0. The Morgan fingerprint density at radius 2 is 2.50 bits per heavy atom. The minimum atomic E-state index is 1.11. The first-order valence-electron chi connectivity index (χ1n) is 3.55. The topological polar surface area (TPSA) is 3.24 Å². The summed E-state index contributed by atoms with van der Waals surface area (Å²) in [6.45, 7) is 3.87. The lowest BCUT2D eigenvalue weighted by Crippen LogP contribution is -2.27. The zero-order valence-corrected chi connectivity index (χ0v) is 5.43. The van der Waals surface area contributed by atoms with Crippen LogP contribution in [-0.4, -0.2) is 31.7 Å². The largest absolute Gasteiger partial charge is 0.307 e. The molecule has 0 spiro atoms. The van der Waals surface area contributed by atoms with Gasteiger partial charge in [0.15, 0.2) is 0 Å². The zero-order chi connectivity index (χ0) is 5.56. The van der Waals surface area contributed by atoms with Gasteiger partial charge in [0, 0.05) is 0 Å². The molecule has 0 N–H and O–H groups in total. The minimum absolute atomic E-state index is 1.11. The molecule has 0 aromatic heterocycles. The first-order chi connectivity index (χ1) is 3.86. The third-order valence-corrected chi connectivity index (χ3v) is 2.50. The smallest absolute Gasteiger partial charge is 0.144 e. The normalized spacial score (nSPS) is 37.1. The van der Waals surface area contributed by atoms with Gasteiger partial charge in [-0.3, -0.25) is 0 Å². The minimum Gasteiger partial charge on any atom is -0.307 e. The summed E-state index contributed by atoms with van der Waals surface area (Å²) in [5.74, 6) is 1.11. The van der Waals surface area contributed by atoms with E-state index in [0.29, 0.717) is 0 Å². The van der Waals surface area contributed by atoms with Crippen molar-refractivity contribution in [3.8, 4) is 0 Å². The number of rotatable bonds is 0. The SMILES string of the molecule is CN1CCB2CC2C1. The van der Waals surface area contributed by atoms with E-state index in [9.17, 15) is 0 Å². The highest BCUT2D eigenvalue weighted by Gasteiger charge is 2.43. The van der Waals surface area contributed by atoms with Crippen molar-refractivity contribution in [2.75, 3.05) is 20.1 Å². The molecule has 8 heavy (non-hydrogen) atoms. The first kappa shape index (κ1) is 4.86. The molecule has 0 aromatic carbocycles. The van der Waals surface area contributed by atoms with E-state index in [1.54, 1.807) is 0 Å². The second kappa shape index (κ2) is 1.50. The fourth-order valence-corrected chi connectivity index (χ4v) is 1.77. The third-order valence-electron chi connectivity index (χ3n) is 2.50. The van der Waals surface area contributed by atoms with Gasteiger partial charge in [0.1, 0.15) is 6.71 Å². The van der Waals surface area contributed by atoms with E-state index in [1.807, 2.05) is 0 Å². The van der Waals surface area contributed by atoms with Crippen LogP contribution in [0.25, 0.3) is 0 Å². The third kappa shape index (κ3) is 0.674. The molecule has 2 fully saturated rings.